The highest BCUT2D eigenvalue weighted by Crippen LogP contribution is 2.13. The van der Waals surface area contributed by atoms with Crippen molar-refractivity contribution in [3.63, 3.8) is 0 Å². The number of hydrogen-bond acceptors (Lipinski definition) is 5. The summed E-state index contributed by atoms with van der Waals surface area (Å²) in [6.45, 7) is 1.44. The van der Waals surface area contributed by atoms with Crippen LogP contribution in [0.2, 0.25) is 5.02 Å². The van der Waals surface area contributed by atoms with Crippen LogP contribution >= 0.6 is 11.6 Å². The van der Waals surface area contributed by atoms with Gasteiger partial charge in [0, 0.05) is 22.7 Å². The second-order valence-corrected chi connectivity index (χ2v) is 6.18. The standard InChI is InChI=1S/C20H17ClN2O4/c1-13(20(26)23-17-8-2-14(12-22)3-9-17)27-19(25)11-10-18(24)15-4-6-16(21)7-5-15/h2-9,13H,10-11H2,1H3,(H,23,26)/t13-/m1/s1. The van der Waals surface area contributed by atoms with Crippen molar-refractivity contribution in [2.24, 2.45) is 0 Å². The lowest BCUT2D eigenvalue weighted by Crippen LogP contribution is -2.30. The van der Waals surface area contributed by atoms with E-state index in [-0.39, 0.29) is 18.6 Å². The molecular weight excluding hydrogens is 368 g/mol. The highest BCUT2D eigenvalue weighted by molar-refractivity contribution is 6.30. The first-order chi connectivity index (χ1) is 12.9. The van der Waals surface area contributed by atoms with Gasteiger partial charge in [-0.3, -0.25) is 14.4 Å². The second kappa shape index (κ2) is 9.51. The maximum atomic E-state index is 12.1. The molecule has 0 unspecified atom stereocenters. The molecule has 0 spiro atoms. The molecule has 0 radical (unpaired) electrons. The molecule has 0 heterocycles. The number of anilines is 1. The number of nitriles is 1. The van der Waals surface area contributed by atoms with Gasteiger partial charge in [-0.05, 0) is 55.5 Å². The number of ketones is 1. The van der Waals surface area contributed by atoms with Gasteiger partial charge in [0.2, 0.25) is 0 Å². The molecular formula is C20H17ClN2O4. The molecule has 1 amide bonds. The van der Waals surface area contributed by atoms with Gasteiger partial charge in [-0.25, -0.2) is 0 Å². The minimum absolute atomic E-state index is 0.0234. The predicted molar refractivity (Wildman–Crippen MR) is 100 cm³/mol. The summed E-state index contributed by atoms with van der Waals surface area (Å²) in [5.41, 5.74) is 1.41. The Balaban J connectivity index is 1.79. The van der Waals surface area contributed by atoms with Gasteiger partial charge in [-0.2, -0.15) is 5.26 Å². The maximum Gasteiger partial charge on any atom is 0.307 e. The van der Waals surface area contributed by atoms with Gasteiger partial charge in [0.25, 0.3) is 5.91 Å². The van der Waals surface area contributed by atoms with Crippen LogP contribution in [-0.4, -0.2) is 23.8 Å². The van der Waals surface area contributed by atoms with Crippen molar-refractivity contribution in [2.45, 2.75) is 25.9 Å². The van der Waals surface area contributed by atoms with E-state index in [4.69, 9.17) is 21.6 Å². The van der Waals surface area contributed by atoms with Crippen LogP contribution in [0.15, 0.2) is 48.5 Å². The zero-order valence-corrected chi connectivity index (χ0v) is 15.3. The topological polar surface area (TPSA) is 96.3 Å². The zero-order valence-electron chi connectivity index (χ0n) is 14.6. The van der Waals surface area contributed by atoms with E-state index >= 15 is 0 Å². The predicted octanol–water partition coefficient (Wildman–Crippen LogP) is 3.74. The Hall–Kier alpha value is -3.17. The highest BCUT2D eigenvalue weighted by Gasteiger charge is 2.19. The van der Waals surface area contributed by atoms with Crippen LogP contribution in [0.4, 0.5) is 5.69 Å². The van der Waals surface area contributed by atoms with Crippen LogP contribution in [0.3, 0.4) is 0 Å². The van der Waals surface area contributed by atoms with Crippen molar-refractivity contribution >= 4 is 34.9 Å². The van der Waals surface area contributed by atoms with Crippen LogP contribution in [0.1, 0.15) is 35.7 Å². The first-order valence-corrected chi connectivity index (χ1v) is 8.56. The SMILES string of the molecule is C[C@@H](OC(=O)CCC(=O)c1ccc(Cl)cc1)C(=O)Nc1ccc(C#N)cc1. The summed E-state index contributed by atoms with van der Waals surface area (Å²) in [5.74, 6) is -1.35. The number of halogens is 1. The molecule has 138 valence electrons. The van der Waals surface area contributed by atoms with Crippen molar-refractivity contribution in [2.75, 3.05) is 5.32 Å². The minimum atomic E-state index is -1.02. The summed E-state index contributed by atoms with van der Waals surface area (Å²) in [7, 11) is 0. The fourth-order valence-electron chi connectivity index (χ4n) is 2.18. The average Bonchev–Trinajstić information content (AvgIpc) is 2.67. The molecule has 2 aromatic rings. The Bertz CT molecular complexity index is 870. The number of nitrogens with one attached hydrogen (secondary N) is 1. The Morgan fingerprint density at radius 3 is 2.30 bits per heavy atom. The van der Waals surface area contributed by atoms with Gasteiger partial charge < -0.3 is 10.1 Å². The minimum Gasteiger partial charge on any atom is -0.453 e. The quantitative estimate of drug-likeness (QED) is 0.579. The summed E-state index contributed by atoms with van der Waals surface area (Å²) in [6, 6.07) is 14.6. The van der Waals surface area contributed by atoms with Gasteiger partial charge in [0.1, 0.15) is 0 Å². The molecule has 1 atom stereocenters. The van der Waals surface area contributed by atoms with Gasteiger partial charge in [0.05, 0.1) is 18.1 Å². The summed E-state index contributed by atoms with van der Waals surface area (Å²) in [4.78, 5) is 36.0. The van der Waals surface area contributed by atoms with Crippen LogP contribution in [0, 0.1) is 11.3 Å². The monoisotopic (exact) mass is 384 g/mol. The molecule has 0 aliphatic rings. The molecule has 7 heteroatoms. The molecule has 27 heavy (non-hydrogen) atoms. The Morgan fingerprint density at radius 2 is 1.70 bits per heavy atom. The lowest BCUT2D eigenvalue weighted by molar-refractivity contribution is -0.153. The van der Waals surface area contributed by atoms with Gasteiger partial charge in [-0.15, -0.1) is 0 Å². The molecule has 0 aliphatic carbocycles. The Labute approximate surface area is 161 Å². The molecule has 2 rings (SSSR count). The van der Waals surface area contributed by atoms with Crippen molar-refractivity contribution in [1.29, 1.82) is 5.26 Å². The number of nitrogens with zero attached hydrogens (tertiary/aromatic N) is 1. The number of Topliss-reactive ketones (excluding diaryl/α,β-unsaturated/α-hetero) is 1. The molecule has 0 fully saturated rings. The van der Waals surface area contributed by atoms with Crippen LogP contribution in [-0.2, 0) is 14.3 Å². The number of carbonyl (C=O) groups excluding carboxylic acids is 3. The number of amides is 1. The van der Waals surface area contributed by atoms with E-state index in [1.165, 1.54) is 6.92 Å². The summed E-state index contributed by atoms with van der Waals surface area (Å²) in [5, 5.41) is 11.9. The van der Waals surface area contributed by atoms with Gasteiger partial charge >= 0.3 is 5.97 Å². The molecule has 2 aromatic carbocycles. The molecule has 0 aromatic heterocycles. The van der Waals surface area contributed by atoms with Crippen molar-refractivity contribution in [3.8, 4) is 6.07 Å². The third-order valence-electron chi connectivity index (χ3n) is 3.68. The van der Waals surface area contributed by atoms with E-state index in [9.17, 15) is 14.4 Å². The third-order valence-corrected chi connectivity index (χ3v) is 3.93. The molecule has 0 saturated carbocycles. The number of hydrogen-bond donors (Lipinski definition) is 1. The number of ether oxygens (including phenoxy) is 1. The van der Waals surface area contributed by atoms with Crippen LogP contribution < -0.4 is 5.32 Å². The van der Waals surface area contributed by atoms with E-state index < -0.39 is 18.0 Å². The Kier molecular flexibility index (Phi) is 7.09. The summed E-state index contributed by atoms with van der Waals surface area (Å²) < 4.78 is 5.06. The lowest BCUT2D eigenvalue weighted by atomic mass is 10.1. The zero-order chi connectivity index (χ0) is 19.8. The van der Waals surface area contributed by atoms with E-state index in [0.717, 1.165) is 0 Å². The van der Waals surface area contributed by atoms with Crippen LogP contribution in [0.25, 0.3) is 0 Å². The fraction of sp³-hybridized carbons (Fsp3) is 0.200. The molecule has 1 N–H and O–H groups in total. The lowest BCUT2D eigenvalue weighted by Gasteiger charge is -2.13. The Morgan fingerprint density at radius 1 is 1.07 bits per heavy atom. The molecule has 0 aliphatic heterocycles. The van der Waals surface area contributed by atoms with Crippen molar-refractivity contribution in [3.05, 3.63) is 64.7 Å². The first-order valence-electron chi connectivity index (χ1n) is 8.18. The number of benzene rings is 2. The first kappa shape index (κ1) is 20.1. The molecule has 0 bridgehead atoms. The highest BCUT2D eigenvalue weighted by atomic mass is 35.5. The van der Waals surface area contributed by atoms with E-state index in [0.29, 0.717) is 21.8 Å². The number of rotatable bonds is 7. The molecule has 0 saturated heterocycles. The maximum absolute atomic E-state index is 12.1. The van der Waals surface area contributed by atoms with Gasteiger partial charge in [-0.1, -0.05) is 11.6 Å². The van der Waals surface area contributed by atoms with E-state index in [1.54, 1.807) is 48.5 Å². The number of carbonyl (C=O) groups is 3. The summed E-state index contributed by atoms with van der Waals surface area (Å²) >= 11 is 5.77. The summed E-state index contributed by atoms with van der Waals surface area (Å²) in [6.07, 6.45) is -1.17. The van der Waals surface area contributed by atoms with Crippen molar-refractivity contribution < 1.29 is 19.1 Å². The van der Waals surface area contributed by atoms with Gasteiger partial charge in [0.15, 0.2) is 11.9 Å². The number of esters is 1. The normalized spacial score (nSPS) is 11.1. The van der Waals surface area contributed by atoms with Crippen LogP contribution in [0.5, 0.6) is 0 Å². The average molecular weight is 385 g/mol. The smallest absolute Gasteiger partial charge is 0.307 e. The largest absolute Gasteiger partial charge is 0.453 e. The van der Waals surface area contributed by atoms with E-state index in [1.807, 2.05) is 6.07 Å². The van der Waals surface area contributed by atoms with Crippen molar-refractivity contribution in [1.82, 2.24) is 0 Å². The third kappa shape index (κ3) is 6.24. The second-order valence-electron chi connectivity index (χ2n) is 5.74. The van der Waals surface area contributed by atoms with E-state index in [2.05, 4.69) is 5.32 Å². The fourth-order valence-corrected chi connectivity index (χ4v) is 2.30. The molecule has 6 nitrogen and oxygen atoms in total.